The fourth-order valence-corrected chi connectivity index (χ4v) is 3.57. The van der Waals surface area contributed by atoms with Crippen LogP contribution in [0.5, 0.6) is 0 Å². The molecule has 4 rings (SSSR count). The number of nitriles is 1. The summed E-state index contributed by atoms with van der Waals surface area (Å²) in [5.41, 5.74) is 6.44. The Labute approximate surface area is 169 Å². The summed E-state index contributed by atoms with van der Waals surface area (Å²) >= 11 is 0. The molecule has 0 aliphatic carbocycles. The lowest BCUT2D eigenvalue weighted by Gasteiger charge is -2.30. The molecule has 1 aliphatic heterocycles. The third-order valence-electron chi connectivity index (χ3n) is 5.34. The fourth-order valence-electron chi connectivity index (χ4n) is 3.57. The summed E-state index contributed by atoms with van der Waals surface area (Å²) in [5, 5.41) is 20.6. The molecular formula is C22H21FN6. The topological polar surface area (TPSA) is 77.7 Å². The van der Waals surface area contributed by atoms with Crippen molar-refractivity contribution in [3.8, 4) is 6.07 Å². The second-order valence-electron chi connectivity index (χ2n) is 7.34. The zero-order valence-corrected chi connectivity index (χ0v) is 16.6. The van der Waals surface area contributed by atoms with Gasteiger partial charge in [0.15, 0.2) is 11.5 Å². The van der Waals surface area contributed by atoms with Gasteiger partial charge in [0, 0.05) is 25.2 Å². The number of hydrogen-bond acceptors (Lipinski definition) is 6. The number of nitrogens with one attached hydrogen (secondary N) is 1. The molecule has 7 heteroatoms. The third-order valence-corrected chi connectivity index (χ3v) is 5.34. The van der Waals surface area contributed by atoms with E-state index < -0.39 is 0 Å². The minimum atomic E-state index is -0.297. The lowest BCUT2D eigenvalue weighted by Crippen LogP contribution is -2.32. The highest BCUT2D eigenvalue weighted by Gasteiger charge is 2.22. The molecule has 146 valence electrons. The molecule has 1 N–H and O–H groups in total. The fraction of sp³-hybridized carbons (Fsp3) is 0.273. The summed E-state index contributed by atoms with van der Waals surface area (Å²) in [6.45, 7) is 7.20. The largest absolute Gasteiger partial charge is 0.352 e. The van der Waals surface area contributed by atoms with Crippen LogP contribution in [0, 0.1) is 37.9 Å². The van der Waals surface area contributed by atoms with Crippen molar-refractivity contribution >= 4 is 17.2 Å². The number of nitrogens with zero attached hydrogens (tertiary/aromatic N) is 5. The number of aryl methyl sites for hydroxylation is 1. The first-order valence-corrected chi connectivity index (χ1v) is 9.46. The van der Waals surface area contributed by atoms with E-state index in [9.17, 15) is 4.39 Å². The van der Waals surface area contributed by atoms with Crippen LogP contribution in [0.15, 0.2) is 30.5 Å². The van der Waals surface area contributed by atoms with Crippen molar-refractivity contribution in [2.75, 3.05) is 16.8 Å². The van der Waals surface area contributed by atoms with E-state index >= 15 is 0 Å². The predicted octanol–water partition coefficient (Wildman–Crippen LogP) is 4.11. The normalized spacial score (nSPS) is 13.0. The van der Waals surface area contributed by atoms with Crippen molar-refractivity contribution < 1.29 is 4.39 Å². The van der Waals surface area contributed by atoms with Gasteiger partial charge in [-0.25, -0.2) is 4.39 Å². The highest BCUT2D eigenvalue weighted by atomic mass is 19.1. The summed E-state index contributed by atoms with van der Waals surface area (Å²) in [6.07, 6.45) is 2.53. The Kier molecular flexibility index (Phi) is 4.85. The first-order chi connectivity index (χ1) is 14.0. The lowest BCUT2D eigenvalue weighted by atomic mass is 10.0. The predicted molar refractivity (Wildman–Crippen MR) is 110 cm³/mol. The average molecular weight is 388 g/mol. The number of aromatic nitrogens is 3. The molecular weight excluding hydrogens is 367 g/mol. The maximum Gasteiger partial charge on any atom is 0.166 e. The van der Waals surface area contributed by atoms with Crippen molar-refractivity contribution in [3.05, 3.63) is 69.9 Å². The summed E-state index contributed by atoms with van der Waals surface area (Å²) in [4.78, 5) is 6.72. The number of anilines is 3. The zero-order valence-electron chi connectivity index (χ0n) is 16.6. The molecule has 3 heterocycles. The van der Waals surface area contributed by atoms with E-state index in [0.29, 0.717) is 17.9 Å². The molecule has 0 unspecified atom stereocenters. The molecule has 0 fully saturated rings. The minimum absolute atomic E-state index is 0.297. The van der Waals surface area contributed by atoms with E-state index in [4.69, 9.17) is 5.26 Å². The van der Waals surface area contributed by atoms with Crippen LogP contribution in [0.1, 0.15) is 33.6 Å². The van der Waals surface area contributed by atoms with Gasteiger partial charge in [0.2, 0.25) is 0 Å². The van der Waals surface area contributed by atoms with Crippen LogP contribution in [0.4, 0.5) is 21.6 Å². The van der Waals surface area contributed by atoms with E-state index in [1.165, 1.54) is 6.07 Å². The molecule has 2 aromatic heterocycles. The molecule has 0 radical (unpaired) electrons. The SMILES string of the molecule is Cc1ccc(F)c(Nc2cnc3c(c2)CN(c2nnc(C#N)c(C)c2C)CC3)c1. The molecule has 0 bridgehead atoms. The van der Waals surface area contributed by atoms with Crippen LogP contribution in [-0.2, 0) is 13.0 Å². The summed E-state index contributed by atoms with van der Waals surface area (Å²) < 4.78 is 14.1. The zero-order chi connectivity index (χ0) is 20.5. The van der Waals surface area contributed by atoms with Gasteiger partial charge in [-0.05, 0) is 61.2 Å². The van der Waals surface area contributed by atoms with Crippen molar-refractivity contribution in [2.24, 2.45) is 0 Å². The molecule has 1 aliphatic rings. The smallest absolute Gasteiger partial charge is 0.166 e. The van der Waals surface area contributed by atoms with Gasteiger partial charge in [-0.1, -0.05) is 6.07 Å². The van der Waals surface area contributed by atoms with Crippen molar-refractivity contribution in [3.63, 3.8) is 0 Å². The van der Waals surface area contributed by atoms with Crippen molar-refractivity contribution in [2.45, 2.75) is 33.7 Å². The van der Waals surface area contributed by atoms with Crippen LogP contribution in [-0.4, -0.2) is 21.7 Å². The Hall–Kier alpha value is -3.53. The number of pyridine rings is 1. The molecule has 29 heavy (non-hydrogen) atoms. The van der Waals surface area contributed by atoms with Gasteiger partial charge in [0.1, 0.15) is 11.9 Å². The van der Waals surface area contributed by atoms with E-state index in [2.05, 4.69) is 31.5 Å². The Balaban J connectivity index is 1.61. The third kappa shape index (κ3) is 3.61. The van der Waals surface area contributed by atoms with Crippen LogP contribution < -0.4 is 10.2 Å². The van der Waals surface area contributed by atoms with Gasteiger partial charge in [0.05, 0.1) is 17.6 Å². The number of hydrogen-bond donors (Lipinski definition) is 1. The Morgan fingerprint density at radius 2 is 1.97 bits per heavy atom. The maximum atomic E-state index is 14.1. The van der Waals surface area contributed by atoms with Gasteiger partial charge in [-0.15, -0.1) is 10.2 Å². The molecule has 0 spiro atoms. The highest BCUT2D eigenvalue weighted by molar-refractivity contribution is 5.62. The lowest BCUT2D eigenvalue weighted by molar-refractivity contribution is 0.631. The van der Waals surface area contributed by atoms with Gasteiger partial charge in [-0.2, -0.15) is 5.26 Å². The van der Waals surface area contributed by atoms with E-state index in [0.717, 1.165) is 52.4 Å². The van der Waals surface area contributed by atoms with Crippen LogP contribution in [0.2, 0.25) is 0 Å². The van der Waals surface area contributed by atoms with Gasteiger partial charge >= 0.3 is 0 Å². The Morgan fingerprint density at radius 3 is 2.76 bits per heavy atom. The standard InChI is InChI=1S/C22H21FN6/c1-13-4-5-18(23)20(8-13)26-17-9-16-12-29(7-6-19(16)25-11-17)22-15(3)14(2)21(10-24)27-28-22/h4-5,8-9,11,26H,6-7,12H2,1-3H3. The minimum Gasteiger partial charge on any atom is -0.352 e. The number of benzene rings is 1. The molecule has 0 atom stereocenters. The Morgan fingerprint density at radius 1 is 1.14 bits per heavy atom. The first kappa shape index (κ1) is 18.8. The number of rotatable bonds is 3. The van der Waals surface area contributed by atoms with Crippen LogP contribution in [0.25, 0.3) is 0 Å². The van der Waals surface area contributed by atoms with Gasteiger partial charge in [-0.3, -0.25) is 4.98 Å². The molecule has 1 aromatic carbocycles. The summed E-state index contributed by atoms with van der Waals surface area (Å²) in [5.74, 6) is 0.490. The number of fused-ring (bicyclic) bond motifs is 1. The molecule has 0 saturated heterocycles. The quantitative estimate of drug-likeness (QED) is 0.727. The van der Waals surface area contributed by atoms with E-state index in [1.807, 2.05) is 26.8 Å². The summed E-state index contributed by atoms with van der Waals surface area (Å²) in [6, 6.07) is 9.07. The second-order valence-corrected chi connectivity index (χ2v) is 7.34. The van der Waals surface area contributed by atoms with Crippen molar-refractivity contribution in [1.29, 1.82) is 5.26 Å². The molecule has 6 nitrogen and oxygen atoms in total. The second kappa shape index (κ2) is 7.47. The Bertz CT molecular complexity index is 1130. The van der Waals surface area contributed by atoms with Crippen molar-refractivity contribution in [1.82, 2.24) is 15.2 Å². The average Bonchev–Trinajstić information content (AvgIpc) is 2.72. The van der Waals surface area contributed by atoms with Gasteiger partial charge in [0.25, 0.3) is 0 Å². The molecule has 3 aromatic rings. The van der Waals surface area contributed by atoms with E-state index in [-0.39, 0.29) is 5.82 Å². The first-order valence-electron chi connectivity index (χ1n) is 9.46. The summed E-state index contributed by atoms with van der Waals surface area (Å²) in [7, 11) is 0. The van der Waals surface area contributed by atoms with E-state index in [1.54, 1.807) is 18.3 Å². The monoisotopic (exact) mass is 388 g/mol. The molecule has 0 amide bonds. The van der Waals surface area contributed by atoms with Gasteiger partial charge < -0.3 is 10.2 Å². The highest BCUT2D eigenvalue weighted by Crippen LogP contribution is 2.29. The van der Waals surface area contributed by atoms with Crippen LogP contribution in [0.3, 0.4) is 0 Å². The van der Waals surface area contributed by atoms with Crippen LogP contribution >= 0.6 is 0 Å². The molecule has 0 saturated carbocycles. The maximum absolute atomic E-state index is 14.1. The number of halogens is 1.